The number of carbonyl (C=O) groups excluding carboxylic acids is 3. The molecule has 2 aliphatic heterocycles. The molecule has 2 fully saturated rings. The summed E-state index contributed by atoms with van der Waals surface area (Å²) in [6, 6.07) is 5.61. The van der Waals surface area contributed by atoms with Gasteiger partial charge in [-0.05, 0) is 30.5 Å². The highest BCUT2D eigenvalue weighted by Gasteiger charge is 2.40. The van der Waals surface area contributed by atoms with Crippen LogP contribution >= 0.6 is 0 Å². The maximum absolute atomic E-state index is 13.0. The van der Waals surface area contributed by atoms with Crippen molar-refractivity contribution in [3.63, 3.8) is 0 Å². The number of amides is 4. The standard InChI is InChI=1S/C19H24FN3O4/c1-27-11-10-22-18(25)13-23(19(22)26)16-6-8-21(9-7-16)17(24)12-14-2-4-15(20)5-3-14/h2-5,16H,6-13H2,1H3. The van der Waals surface area contributed by atoms with Crippen LogP contribution in [0, 0.1) is 5.82 Å². The van der Waals surface area contributed by atoms with E-state index in [1.165, 1.54) is 24.1 Å². The normalized spacial score (nSPS) is 18.5. The number of imide groups is 1. The molecule has 0 N–H and O–H groups in total. The lowest BCUT2D eigenvalue weighted by Crippen LogP contribution is -2.48. The van der Waals surface area contributed by atoms with E-state index in [9.17, 15) is 18.8 Å². The Bertz CT molecular complexity index is 701. The molecule has 0 aromatic heterocycles. The van der Waals surface area contributed by atoms with Crippen LogP contribution in [0.4, 0.5) is 9.18 Å². The Kier molecular flexibility index (Phi) is 6.05. The topological polar surface area (TPSA) is 70.2 Å². The molecule has 146 valence electrons. The van der Waals surface area contributed by atoms with Crippen LogP contribution in [0.15, 0.2) is 24.3 Å². The van der Waals surface area contributed by atoms with Gasteiger partial charge in [0.05, 0.1) is 19.6 Å². The van der Waals surface area contributed by atoms with Crippen LogP contribution in [0.3, 0.4) is 0 Å². The lowest BCUT2D eigenvalue weighted by molar-refractivity contribution is -0.132. The minimum absolute atomic E-state index is 0.00870. The predicted octanol–water partition coefficient (Wildman–Crippen LogP) is 1.27. The van der Waals surface area contributed by atoms with E-state index in [0.29, 0.717) is 32.5 Å². The van der Waals surface area contributed by atoms with Gasteiger partial charge in [-0.15, -0.1) is 0 Å². The van der Waals surface area contributed by atoms with Gasteiger partial charge in [-0.2, -0.15) is 0 Å². The van der Waals surface area contributed by atoms with E-state index in [4.69, 9.17) is 4.74 Å². The zero-order valence-electron chi connectivity index (χ0n) is 15.4. The minimum Gasteiger partial charge on any atom is -0.383 e. The van der Waals surface area contributed by atoms with Crippen molar-refractivity contribution in [3.05, 3.63) is 35.6 Å². The van der Waals surface area contributed by atoms with Gasteiger partial charge in [-0.3, -0.25) is 14.5 Å². The fourth-order valence-electron chi connectivity index (χ4n) is 3.56. The van der Waals surface area contributed by atoms with Crippen molar-refractivity contribution < 1.29 is 23.5 Å². The maximum Gasteiger partial charge on any atom is 0.327 e. The van der Waals surface area contributed by atoms with E-state index >= 15 is 0 Å². The molecular formula is C19H24FN3O4. The Hall–Kier alpha value is -2.48. The van der Waals surface area contributed by atoms with Gasteiger partial charge in [0.15, 0.2) is 0 Å². The summed E-state index contributed by atoms with van der Waals surface area (Å²) in [5, 5.41) is 0. The van der Waals surface area contributed by atoms with Crippen LogP contribution in [0.2, 0.25) is 0 Å². The molecular weight excluding hydrogens is 353 g/mol. The molecule has 0 spiro atoms. The van der Waals surface area contributed by atoms with Gasteiger partial charge in [-0.1, -0.05) is 12.1 Å². The molecule has 8 heteroatoms. The summed E-state index contributed by atoms with van der Waals surface area (Å²) < 4.78 is 17.9. The molecule has 0 unspecified atom stereocenters. The first-order valence-corrected chi connectivity index (χ1v) is 9.11. The Balaban J connectivity index is 1.51. The third-order valence-corrected chi connectivity index (χ3v) is 5.13. The number of piperidine rings is 1. The number of hydrogen-bond acceptors (Lipinski definition) is 4. The molecule has 1 aromatic carbocycles. The molecule has 0 radical (unpaired) electrons. The summed E-state index contributed by atoms with van der Waals surface area (Å²) >= 11 is 0. The number of carbonyl (C=O) groups is 3. The van der Waals surface area contributed by atoms with Crippen molar-refractivity contribution in [1.29, 1.82) is 0 Å². The molecule has 2 saturated heterocycles. The third-order valence-electron chi connectivity index (χ3n) is 5.13. The SMILES string of the molecule is COCCN1C(=O)CN(C2CCN(C(=O)Cc3ccc(F)cc3)CC2)C1=O. The van der Waals surface area contributed by atoms with Crippen molar-refractivity contribution in [2.45, 2.75) is 25.3 Å². The zero-order valence-corrected chi connectivity index (χ0v) is 15.4. The van der Waals surface area contributed by atoms with Gasteiger partial charge < -0.3 is 14.5 Å². The first-order valence-electron chi connectivity index (χ1n) is 9.11. The molecule has 3 rings (SSSR count). The number of likely N-dealkylation sites (tertiary alicyclic amines) is 1. The summed E-state index contributed by atoms with van der Waals surface area (Å²) in [5.74, 6) is -0.533. The van der Waals surface area contributed by atoms with Gasteiger partial charge in [0.1, 0.15) is 12.4 Å². The molecule has 27 heavy (non-hydrogen) atoms. The molecule has 0 bridgehead atoms. The summed E-state index contributed by atoms with van der Waals surface area (Å²) in [4.78, 5) is 41.6. The monoisotopic (exact) mass is 377 g/mol. The van der Waals surface area contributed by atoms with Crippen molar-refractivity contribution >= 4 is 17.8 Å². The van der Waals surface area contributed by atoms with E-state index < -0.39 is 0 Å². The maximum atomic E-state index is 13.0. The van der Waals surface area contributed by atoms with Crippen LogP contribution < -0.4 is 0 Å². The first-order chi connectivity index (χ1) is 13.0. The number of nitrogens with zero attached hydrogens (tertiary/aromatic N) is 3. The fourth-order valence-corrected chi connectivity index (χ4v) is 3.56. The number of hydrogen-bond donors (Lipinski definition) is 0. The van der Waals surface area contributed by atoms with Crippen LogP contribution in [0.1, 0.15) is 18.4 Å². The Labute approximate surface area is 157 Å². The summed E-state index contributed by atoms with van der Waals surface area (Å²) in [6.07, 6.45) is 1.52. The van der Waals surface area contributed by atoms with E-state index in [1.54, 1.807) is 21.9 Å². The van der Waals surface area contributed by atoms with E-state index in [1.807, 2.05) is 0 Å². The van der Waals surface area contributed by atoms with E-state index in [-0.39, 0.29) is 49.2 Å². The Morgan fingerprint density at radius 1 is 1.19 bits per heavy atom. The van der Waals surface area contributed by atoms with Crippen molar-refractivity contribution in [2.24, 2.45) is 0 Å². The average molecular weight is 377 g/mol. The molecule has 0 aliphatic carbocycles. The Morgan fingerprint density at radius 2 is 1.85 bits per heavy atom. The van der Waals surface area contributed by atoms with Gasteiger partial charge in [0.25, 0.3) is 0 Å². The van der Waals surface area contributed by atoms with Crippen LogP contribution in [-0.4, -0.2) is 78.5 Å². The molecule has 2 aliphatic rings. The van der Waals surface area contributed by atoms with Gasteiger partial charge in [0.2, 0.25) is 11.8 Å². The Morgan fingerprint density at radius 3 is 2.48 bits per heavy atom. The minimum atomic E-state index is -0.323. The van der Waals surface area contributed by atoms with E-state index in [2.05, 4.69) is 0 Å². The summed E-state index contributed by atoms with van der Waals surface area (Å²) in [7, 11) is 1.53. The number of benzene rings is 1. The fraction of sp³-hybridized carbons (Fsp3) is 0.526. The largest absolute Gasteiger partial charge is 0.383 e. The first kappa shape index (κ1) is 19.3. The lowest BCUT2D eigenvalue weighted by Gasteiger charge is -2.36. The molecule has 1 aromatic rings. The van der Waals surface area contributed by atoms with Gasteiger partial charge in [-0.25, -0.2) is 9.18 Å². The molecule has 4 amide bonds. The highest BCUT2D eigenvalue weighted by molar-refractivity contribution is 6.02. The second kappa shape index (κ2) is 8.47. The van der Waals surface area contributed by atoms with Gasteiger partial charge >= 0.3 is 6.03 Å². The summed E-state index contributed by atoms with van der Waals surface area (Å²) in [6.45, 7) is 1.76. The quantitative estimate of drug-likeness (QED) is 0.700. The highest BCUT2D eigenvalue weighted by atomic mass is 19.1. The van der Waals surface area contributed by atoms with Crippen LogP contribution in [0.25, 0.3) is 0 Å². The number of rotatable bonds is 6. The zero-order chi connectivity index (χ0) is 19.4. The lowest BCUT2D eigenvalue weighted by atomic mass is 10.0. The van der Waals surface area contributed by atoms with Gasteiger partial charge in [0, 0.05) is 26.2 Å². The second-order valence-electron chi connectivity index (χ2n) is 6.86. The summed E-state index contributed by atoms with van der Waals surface area (Å²) in [5.41, 5.74) is 0.776. The highest BCUT2D eigenvalue weighted by Crippen LogP contribution is 2.22. The molecule has 0 atom stereocenters. The predicted molar refractivity (Wildman–Crippen MR) is 95.4 cm³/mol. The number of halogens is 1. The van der Waals surface area contributed by atoms with Crippen LogP contribution in [-0.2, 0) is 20.7 Å². The van der Waals surface area contributed by atoms with E-state index in [0.717, 1.165) is 5.56 Å². The average Bonchev–Trinajstić information content (AvgIpc) is 2.96. The third kappa shape index (κ3) is 4.44. The van der Waals surface area contributed by atoms with Crippen LogP contribution in [0.5, 0.6) is 0 Å². The van der Waals surface area contributed by atoms with Crippen molar-refractivity contribution in [1.82, 2.24) is 14.7 Å². The number of urea groups is 1. The number of ether oxygens (including phenoxy) is 1. The smallest absolute Gasteiger partial charge is 0.327 e. The molecule has 7 nitrogen and oxygen atoms in total. The van der Waals surface area contributed by atoms with Crippen molar-refractivity contribution in [3.8, 4) is 0 Å². The molecule has 0 saturated carbocycles. The second-order valence-corrected chi connectivity index (χ2v) is 6.86. The number of methoxy groups -OCH3 is 1. The van der Waals surface area contributed by atoms with Crippen molar-refractivity contribution in [2.75, 3.05) is 39.9 Å². The molecule has 2 heterocycles.